The summed E-state index contributed by atoms with van der Waals surface area (Å²) >= 11 is 0. The van der Waals surface area contributed by atoms with Gasteiger partial charge in [-0.25, -0.2) is 0 Å². The zero-order valence-electron chi connectivity index (χ0n) is 10.8. The van der Waals surface area contributed by atoms with Gasteiger partial charge in [0.1, 0.15) is 0 Å². The van der Waals surface area contributed by atoms with Crippen molar-refractivity contribution in [3.8, 4) is 0 Å². The van der Waals surface area contributed by atoms with Crippen molar-refractivity contribution in [1.82, 2.24) is 4.90 Å². The number of rotatable bonds is 8. The highest BCUT2D eigenvalue weighted by molar-refractivity contribution is 4.87. The predicted molar refractivity (Wildman–Crippen MR) is 67.0 cm³/mol. The molecular formula is C13H28N2. The summed E-state index contributed by atoms with van der Waals surface area (Å²) in [5, 5.41) is 0. The van der Waals surface area contributed by atoms with E-state index >= 15 is 0 Å². The van der Waals surface area contributed by atoms with Crippen molar-refractivity contribution < 1.29 is 0 Å². The Hall–Kier alpha value is -0.0800. The minimum atomic E-state index is 0.227. The maximum atomic E-state index is 5.93. The Morgan fingerprint density at radius 3 is 2.33 bits per heavy atom. The molecule has 0 saturated heterocycles. The molecule has 0 aromatic carbocycles. The molecule has 1 aliphatic carbocycles. The molecule has 1 aliphatic rings. The summed E-state index contributed by atoms with van der Waals surface area (Å²) in [6, 6.07) is 0. The lowest BCUT2D eigenvalue weighted by molar-refractivity contribution is 0.102. The van der Waals surface area contributed by atoms with Gasteiger partial charge in [0.25, 0.3) is 0 Å². The van der Waals surface area contributed by atoms with Gasteiger partial charge in [-0.3, -0.25) is 4.90 Å². The van der Waals surface area contributed by atoms with E-state index in [4.69, 9.17) is 5.73 Å². The van der Waals surface area contributed by atoms with E-state index in [0.29, 0.717) is 0 Å². The first-order chi connectivity index (χ1) is 7.16. The summed E-state index contributed by atoms with van der Waals surface area (Å²) in [7, 11) is 0. The molecule has 90 valence electrons. The quantitative estimate of drug-likeness (QED) is 0.670. The van der Waals surface area contributed by atoms with Crippen LogP contribution >= 0.6 is 0 Å². The van der Waals surface area contributed by atoms with Crippen molar-refractivity contribution >= 4 is 0 Å². The summed E-state index contributed by atoms with van der Waals surface area (Å²) < 4.78 is 0. The van der Waals surface area contributed by atoms with Crippen LogP contribution in [0.5, 0.6) is 0 Å². The normalized spacial score (nSPS) is 20.6. The van der Waals surface area contributed by atoms with Gasteiger partial charge in [-0.1, -0.05) is 26.7 Å². The summed E-state index contributed by atoms with van der Waals surface area (Å²) in [5.41, 5.74) is 6.16. The molecule has 2 nitrogen and oxygen atoms in total. The Balaban J connectivity index is 2.44. The molecule has 1 fully saturated rings. The van der Waals surface area contributed by atoms with Gasteiger partial charge in [-0.15, -0.1) is 0 Å². The molecule has 0 aromatic heterocycles. The minimum Gasteiger partial charge on any atom is -0.329 e. The summed E-state index contributed by atoms with van der Waals surface area (Å²) in [6.07, 6.45) is 6.71. The largest absolute Gasteiger partial charge is 0.329 e. The Morgan fingerprint density at radius 1 is 1.27 bits per heavy atom. The van der Waals surface area contributed by atoms with E-state index in [1.54, 1.807) is 0 Å². The molecular weight excluding hydrogens is 184 g/mol. The lowest BCUT2D eigenvalue weighted by Gasteiger charge is -2.40. The van der Waals surface area contributed by atoms with Crippen LogP contribution in [0.4, 0.5) is 0 Å². The molecule has 2 heteroatoms. The van der Waals surface area contributed by atoms with Crippen LogP contribution in [0.15, 0.2) is 0 Å². The van der Waals surface area contributed by atoms with Gasteiger partial charge in [-0.2, -0.15) is 0 Å². The summed E-state index contributed by atoms with van der Waals surface area (Å²) in [6.45, 7) is 10.1. The zero-order valence-corrected chi connectivity index (χ0v) is 10.8. The fourth-order valence-electron chi connectivity index (χ4n) is 2.16. The average molecular weight is 212 g/mol. The average Bonchev–Trinajstić information content (AvgIpc) is 3.07. The second-order valence-corrected chi connectivity index (χ2v) is 5.27. The molecule has 0 aliphatic heterocycles. The van der Waals surface area contributed by atoms with Crippen LogP contribution in [0.1, 0.15) is 52.9 Å². The second kappa shape index (κ2) is 5.86. The van der Waals surface area contributed by atoms with E-state index in [2.05, 4.69) is 25.7 Å². The molecule has 0 aromatic rings. The molecule has 2 N–H and O–H groups in total. The highest BCUT2D eigenvalue weighted by atomic mass is 15.2. The van der Waals surface area contributed by atoms with Gasteiger partial charge in [0.05, 0.1) is 0 Å². The molecule has 0 amide bonds. The third-order valence-electron chi connectivity index (χ3n) is 3.96. The molecule has 0 bridgehead atoms. The van der Waals surface area contributed by atoms with Crippen LogP contribution in [0.3, 0.4) is 0 Å². The maximum absolute atomic E-state index is 5.93. The van der Waals surface area contributed by atoms with Gasteiger partial charge in [0.2, 0.25) is 0 Å². The van der Waals surface area contributed by atoms with Gasteiger partial charge >= 0.3 is 0 Å². The first kappa shape index (κ1) is 13.0. The molecule has 1 atom stereocenters. The maximum Gasteiger partial charge on any atom is 0.0300 e. The van der Waals surface area contributed by atoms with E-state index in [1.807, 2.05) is 0 Å². The first-order valence-corrected chi connectivity index (χ1v) is 6.61. The van der Waals surface area contributed by atoms with E-state index in [1.165, 1.54) is 38.8 Å². The zero-order chi connectivity index (χ0) is 11.3. The van der Waals surface area contributed by atoms with Crippen molar-refractivity contribution in [1.29, 1.82) is 0 Å². The van der Waals surface area contributed by atoms with Crippen molar-refractivity contribution in [3.63, 3.8) is 0 Å². The van der Waals surface area contributed by atoms with Crippen molar-refractivity contribution in [2.75, 3.05) is 19.6 Å². The Kier molecular flexibility index (Phi) is 5.07. The van der Waals surface area contributed by atoms with E-state index in [0.717, 1.165) is 18.9 Å². The van der Waals surface area contributed by atoms with E-state index in [9.17, 15) is 0 Å². The Labute approximate surface area is 95.2 Å². The highest BCUT2D eigenvalue weighted by Gasteiger charge is 2.29. The molecule has 1 rings (SSSR count). The Bertz CT molecular complexity index is 171. The van der Waals surface area contributed by atoms with Crippen LogP contribution < -0.4 is 5.73 Å². The molecule has 1 unspecified atom stereocenters. The van der Waals surface area contributed by atoms with Crippen molar-refractivity contribution in [3.05, 3.63) is 0 Å². The molecule has 1 saturated carbocycles. The topological polar surface area (TPSA) is 29.3 Å². The summed E-state index contributed by atoms with van der Waals surface area (Å²) in [4.78, 5) is 2.62. The van der Waals surface area contributed by atoms with E-state index < -0.39 is 0 Å². The fraction of sp³-hybridized carbons (Fsp3) is 1.00. The monoisotopic (exact) mass is 212 g/mol. The van der Waals surface area contributed by atoms with E-state index in [-0.39, 0.29) is 5.54 Å². The SMILES string of the molecule is CCCN(CCC1CC1)C(C)(CC)CN. The lowest BCUT2D eigenvalue weighted by atomic mass is 9.95. The van der Waals surface area contributed by atoms with Gasteiger partial charge in [-0.05, 0) is 45.2 Å². The number of nitrogens with zero attached hydrogens (tertiary/aromatic N) is 1. The van der Waals surface area contributed by atoms with Crippen LogP contribution in [0.25, 0.3) is 0 Å². The Morgan fingerprint density at radius 2 is 1.93 bits per heavy atom. The molecule has 0 spiro atoms. The van der Waals surface area contributed by atoms with Crippen molar-refractivity contribution in [2.45, 2.75) is 58.4 Å². The second-order valence-electron chi connectivity index (χ2n) is 5.27. The molecule has 15 heavy (non-hydrogen) atoms. The van der Waals surface area contributed by atoms with Crippen LogP contribution in [-0.2, 0) is 0 Å². The minimum absolute atomic E-state index is 0.227. The third-order valence-corrected chi connectivity index (χ3v) is 3.96. The van der Waals surface area contributed by atoms with Crippen LogP contribution in [0.2, 0.25) is 0 Å². The molecule has 0 heterocycles. The van der Waals surface area contributed by atoms with Gasteiger partial charge < -0.3 is 5.73 Å². The van der Waals surface area contributed by atoms with Crippen molar-refractivity contribution in [2.24, 2.45) is 11.7 Å². The third kappa shape index (κ3) is 3.76. The number of hydrogen-bond donors (Lipinski definition) is 1. The lowest BCUT2D eigenvalue weighted by Crippen LogP contribution is -2.52. The number of hydrogen-bond acceptors (Lipinski definition) is 2. The first-order valence-electron chi connectivity index (χ1n) is 6.61. The summed E-state index contributed by atoms with van der Waals surface area (Å²) in [5.74, 6) is 1.03. The van der Waals surface area contributed by atoms with Crippen LogP contribution in [0, 0.1) is 5.92 Å². The highest BCUT2D eigenvalue weighted by Crippen LogP contribution is 2.33. The standard InChI is InChI=1S/C13H28N2/c1-4-9-15(10-8-12-6-7-12)13(3,5-2)11-14/h12H,4-11,14H2,1-3H3. The fourth-order valence-corrected chi connectivity index (χ4v) is 2.16. The predicted octanol–water partition coefficient (Wildman–Crippen LogP) is 2.63. The van der Waals surface area contributed by atoms with Crippen LogP contribution in [-0.4, -0.2) is 30.1 Å². The molecule has 0 radical (unpaired) electrons. The van der Waals surface area contributed by atoms with Gasteiger partial charge in [0.15, 0.2) is 0 Å². The smallest absolute Gasteiger partial charge is 0.0300 e. The number of nitrogens with two attached hydrogens (primary N) is 1. The van der Waals surface area contributed by atoms with Gasteiger partial charge in [0, 0.05) is 12.1 Å².